The number of rotatable bonds is 7. The summed E-state index contributed by atoms with van der Waals surface area (Å²) in [5.41, 5.74) is 4.20. The first kappa shape index (κ1) is 19.8. The van der Waals surface area contributed by atoms with Crippen LogP contribution >= 0.6 is 0 Å². The molecule has 2 nitrogen and oxygen atoms in total. The number of ether oxygens (including phenoxy) is 1. The van der Waals surface area contributed by atoms with E-state index in [0.29, 0.717) is 11.3 Å². The lowest BCUT2D eigenvalue weighted by molar-refractivity contribution is -0.00518. The zero-order chi connectivity index (χ0) is 20.6. The second-order valence-electron chi connectivity index (χ2n) is 10.6. The van der Waals surface area contributed by atoms with Crippen LogP contribution in [-0.4, -0.2) is 12.8 Å². The molecule has 4 saturated carbocycles. The summed E-state index contributed by atoms with van der Waals surface area (Å²) in [7, 11) is 0. The van der Waals surface area contributed by atoms with Crippen LogP contribution in [0.4, 0.5) is 5.69 Å². The van der Waals surface area contributed by atoms with Crippen molar-refractivity contribution in [3.05, 3.63) is 59.7 Å². The molecule has 0 spiro atoms. The second kappa shape index (κ2) is 8.21. The van der Waals surface area contributed by atoms with Crippen molar-refractivity contribution in [1.29, 1.82) is 0 Å². The molecule has 4 aliphatic rings. The molecule has 2 aromatic rings. The summed E-state index contributed by atoms with van der Waals surface area (Å²) in [6.07, 6.45) is 11.8. The quantitative estimate of drug-likeness (QED) is 0.445. The van der Waals surface area contributed by atoms with Crippen LogP contribution in [0.3, 0.4) is 0 Å². The highest BCUT2D eigenvalue weighted by atomic mass is 16.5. The Morgan fingerprint density at radius 1 is 0.900 bits per heavy atom. The minimum absolute atomic E-state index is 0.475. The van der Waals surface area contributed by atoms with E-state index in [1.807, 2.05) is 18.3 Å². The van der Waals surface area contributed by atoms with Crippen LogP contribution in [0.15, 0.2) is 53.5 Å². The molecule has 2 heteroatoms. The molecule has 6 rings (SSSR count). The average molecular weight is 402 g/mol. The highest BCUT2D eigenvalue weighted by molar-refractivity contribution is 5.82. The summed E-state index contributed by atoms with van der Waals surface area (Å²) in [6, 6.07) is 17.4. The minimum Gasteiger partial charge on any atom is -0.494 e. The van der Waals surface area contributed by atoms with E-state index in [4.69, 9.17) is 9.73 Å². The van der Waals surface area contributed by atoms with Gasteiger partial charge in [-0.25, -0.2) is 0 Å². The van der Waals surface area contributed by atoms with Crippen molar-refractivity contribution in [1.82, 2.24) is 0 Å². The van der Waals surface area contributed by atoms with Crippen LogP contribution in [-0.2, 0) is 5.41 Å². The molecule has 4 bridgehead atoms. The van der Waals surface area contributed by atoms with Crippen molar-refractivity contribution in [2.24, 2.45) is 28.7 Å². The summed E-state index contributed by atoms with van der Waals surface area (Å²) in [6.45, 7) is 5.22. The third-order valence-corrected chi connectivity index (χ3v) is 7.72. The Morgan fingerprint density at radius 2 is 1.50 bits per heavy atom. The van der Waals surface area contributed by atoms with Crippen LogP contribution in [0.25, 0.3) is 0 Å². The third kappa shape index (κ3) is 4.19. The number of hydrogen-bond acceptors (Lipinski definition) is 2. The minimum atomic E-state index is 0.475. The Bertz CT molecular complexity index is 843. The van der Waals surface area contributed by atoms with Gasteiger partial charge in [-0.15, -0.1) is 0 Å². The van der Waals surface area contributed by atoms with Crippen molar-refractivity contribution in [2.75, 3.05) is 6.61 Å². The van der Waals surface area contributed by atoms with Crippen LogP contribution in [0, 0.1) is 23.7 Å². The SMILES string of the molecule is CC(C)CCOc1ccc(C=Nc2ccc(C34CC5CC(CC(C5)C3)C4)cc2)cc1. The Morgan fingerprint density at radius 3 is 2.07 bits per heavy atom. The van der Waals surface area contributed by atoms with Gasteiger partial charge in [0.25, 0.3) is 0 Å². The lowest BCUT2D eigenvalue weighted by Crippen LogP contribution is -2.48. The van der Waals surface area contributed by atoms with E-state index in [-0.39, 0.29) is 0 Å². The molecule has 0 aromatic heterocycles. The zero-order valence-electron chi connectivity index (χ0n) is 18.5. The number of aliphatic imine (C=N–C) groups is 1. The maximum absolute atomic E-state index is 5.80. The lowest BCUT2D eigenvalue weighted by atomic mass is 9.48. The zero-order valence-corrected chi connectivity index (χ0v) is 18.5. The first-order valence-electron chi connectivity index (χ1n) is 12.0. The normalized spacial score (nSPS) is 29.8. The summed E-state index contributed by atoms with van der Waals surface area (Å²) >= 11 is 0. The Labute approximate surface area is 181 Å². The van der Waals surface area contributed by atoms with E-state index in [1.165, 1.54) is 38.5 Å². The first-order valence-corrected chi connectivity index (χ1v) is 12.0. The fourth-order valence-electron chi connectivity index (χ4n) is 6.58. The molecule has 0 saturated heterocycles. The molecule has 4 fully saturated rings. The van der Waals surface area contributed by atoms with E-state index in [9.17, 15) is 0 Å². The predicted molar refractivity (Wildman–Crippen MR) is 125 cm³/mol. The fourth-order valence-corrected chi connectivity index (χ4v) is 6.58. The highest BCUT2D eigenvalue weighted by Crippen LogP contribution is 2.60. The predicted octanol–water partition coefficient (Wildman–Crippen LogP) is 7.33. The topological polar surface area (TPSA) is 21.6 Å². The molecule has 4 aliphatic carbocycles. The van der Waals surface area contributed by atoms with Gasteiger partial charge in [-0.1, -0.05) is 26.0 Å². The Kier molecular flexibility index (Phi) is 5.43. The van der Waals surface area contributed by atoms with Crippen molar-refractivity contribution in [2.45, 2.75) is 64.2 Å². The third-order valence-electron chi connectivity index (χ3n) is 7.72. The van der Waals surface area contributed by atoms with E-state index in [2.05, 4.69) is 50.2 Å². The maximum Gasteiger partial charge on any atom is 0.119 e. The highest BCUT2D eigenvalue weighted by Gasteiger charge is 2.51. The van der Waals surface area contributed by atoms with Gasteiger partial charge in [0.1, 0.15) is 5.75 Å². The van der Waals surface area contributed by atoms with Gasteiger partial charge in [-0.05, 0) is 122 Å². The van der Waals surface area contributed by atoms with Crippen LogP contribution in [0.2, 0.25) is 0 Å². The van der Waals surface area contributed by atoms with Crippen molar-refractivity contribution < 1.29 is 4.74 Å². The van der Waals surface area contributed by atoms with E-state index in [1.54, 1.807) is 5.56 Å². The van der Waals surface area contributed by atoms with Crippen LogP contribution in [0.5, 0.6) is 5.75 Å². The van der Waals surface area contributed by atoms with Crippen molar-refractivity contribution >= 4 is 11.9 Å². The molecule has 0 unspecified atom stereocenters. The number of hydrogen-bond donors (Lipinski definition) is 0. The van der Waals surface area contributed by atoms with Crippen molar-refractivity contribution in [3.8, 4) is 5.75 Å². The van der Waals surface area contributed by atoms with Crippen LogP contribution in [0.1, 0.15) is 69.9 Å². The molecule has 0 atom stereocenters. The second-order valence-corrected chi connectivity index (χ2v) is 10.6. The van der Waals surface area contributed by atoms with Gasteiger partial charge >= 0.3 is 0 Å². The molecular weight excluding hydrogens is 366 g/mol. The van der Waals surface area contributed by atoms with Crippen molar-refractivity contribution in [3.63, 3.8) is 0 Å². The van der Waals surface area contributed by atoms with Crippen LogP contribution < -0.4 is 4.74 Å². The van der Waals surface area contributed by atoms with Gasteiger partial charge in [-0.2, -0.15) is 0 Å². The fraction of sp³-hybridized carbons (Fsp3) is 0.536. The molecule has 0 N–H and O–H groups in total. The van der Waals surface area contributed by atoms with Gasteiger partial charge in [0.05, 0.1) is 12.3 Å². The number of nitrogens with zero attached hydrogens (tertiary/aromatic N) is 1. The summed E-state index contributed by atoms with van der Waals surface area (Å²) in [5, 5.41) is 0. The van der Waals surface area contributed by atoms with Gasteiger partial charge in [0.15, 0.2) is 0 Å². The largest absolute Gasteiger partial charge is 0.494 e. The Balaban J connectivity index is 1.22. The van der Waals surface area contributed by atoms with Gasteiger partial charge < -0.3 is 4.74 Å². The number of benzene rings is 2. The van der Waals surface area contributed by atoms with Gasteiger partial charge in [0, 0.05) is 6.21 Å². The summed E-state index contributed by atoms with van der Waals surface area (Å²) in [5.74, 6) is 4.59. The molecule has 2 aromatic carbocycles. The van der Waals surface area contributed by atoms with E-state index < -0.39 is 0 Å². The molecule has 0 amide bonds. The summed E-state index contributed by atoms with van der Waals surface area (Å²) < 4.78 is 5.80. The lowest BCUT2D eigenvalue weighted by Gasteiger charge is -2.57. The molecule has 30 heavy (non-hydrogen) atoms. The van der Waals surface area contributed by atoms with E-state index >= 15 is 0 Å². The average Bonchev–Trinajstić information content (AvgIpc) is 2.72. The molecule has 0 aliphatic heterocycles. The standard InChI is InChI=1S/C28H35NO/c1-20(2)11-12-30-27-9-3-21(4-10-27)19-29-26-7-5-25(6-8-26)28-16-22-13-23(17-28)15-24(14-22)18-28/h3-10,19-20,22-24H,11-18H2,1-2H3. The molecule has 158 valence electrons. The van der Waals surface area contributed by atoms with E-state index in [0.717, 1.165) is 47.8 Å². The van der Waals surface area contributed by atoms with Gasteiger partial charge in [0.2, 0.25) is 0 Å². The first-order chi connectivity index (χ1) is 14.6. The summed E-state index contributed by atoms with van der Waals surface area (Å²) in [4.78, 5) is 4.71. The maximum atomic E-state index is 5.80. The molecular formula is C28H35NO. The molecule has 0 radical (unpaired) electrons. The monoisotopic (exact) mass is 401 g/mol. The molecule has 0 heterocycles. The smallest absolute Gasteiger partial charge is 0.119 e. The Hall–Kier alpha value is -2.09. The van der Waals surface area contributed by atoms with Gasteiger partial charge in [-0.3, -0.25) is 4.99 Å².